The summed E-state index contributed by atoms with van der Waals surface area (Å²) >= 11 is 0. The van der Waals surface area contributed by atoms with Gasteiger partial charge in [0.15, 0.2) is 5.96 Å². The maximum Gasteiger partial charge on any atom is 0.191 e. The van der Waals surface area contributed by atoms with Crippen molar-refractivity contribution in [3.63, 3.8) is 0 Å². The molecule has 0 fully saturated rings. The number of hydrogen-bond donors (Lipinski definition) is 2. The van der Waals surface area contributed by atoms with Gasteiger partial charge in [-0.15, -0.1) is 24.0 Å². The Balaban J connectivity index is 0.00000392. The van der Waals surface area contributed by atoms with Gasteiger partial charge in [-0.25, -0.2) is 15.0 Å². The second-order valence-corrected chi connectivity index (χ2v) is 6.31. The molecule has 0 aromatic carbocycles. The zero-order valence-corrected chi connectivity index (χ0v) is 19.5. The largest absolute Gasteiger partial charge is 0.381 e. The third-order valence-corrected chi connectivity index (χ3v) is 4.05. The Labute approximate surface area is 185 Å². The first kappa shape index (κ1) is 24.4. The summed E-state index contributed by atoms with van der Waals surface area (Å²) in [6.07, 6.45) is 8.82. The summed E-state index contributed by atoms with van der Waals surface area (Å²) in [6.45, 7) is 10.1. The van der Waals surface area contributed by atoms with Gasteiger partial charge in [0.25, 0.3) is 0 Å². The molecule has 2 heterocycles. The van der Waals surface area contributed by atoms with Crippen LogP contribution in [-0.4, -0.2) is 46.8 Å². The summed E-state index contributed by atoms with van der Waals surface area (Å²) in [4.78, 5) is 13.4. The number of nitrogens with zero attached hydrogens (tertiary/aromatic N) is 4. The molecule has 0 saturated heterocycles. The number of unbranched alkanes of at least 4 members (excludes halogenated alkanes) is 1. The molecule has 0 saturated carbocycles. The summed E-state index contributed by atoms with van der Waals surface area (Å²) in [5.41, 5.74) is 1.07. The second-order valence-electron chi connectivity index (χ2n) is 6.31. The highest BCUT2D eigenvalue weighted by Crippen LogP contribution is 2.09. The van der Waals surface area contributed by atoms with E-state index >= 15 is 0 Å². The standard InChI is InChI=1S/C20H32N6O.HI/c1-4-6-13-27-14-7-10-23-20(21-5-2)25-16-18-8-9-19(24-15-18)26-12-11-22-17(26)3;/h8-9,11-12,15H,4-7,10,13-14,16H2,1-3H3,(H2,21,23,25);1H. The van der Waals surface area contributed by atoms with Crippen LogP contribution in [0.4, 0.5) is 0 Å². The molecule has 156 valence electrons. The van der Waals surface area contributed by atoms with E-state index in [1.165, 1.54) is 6.42 Å². The first-order chi connectivity index (χ1) is 13.2. The molecule has 0 amide bonds. The van der Waals surface area contributed by atoms with Crippen LogP contribution >= 0.6 is 24.0 Å². The molecule has 2 N–H and O–H groups in total. The highest BCUT2D eigenvalue weighted by molar-refractivity contribution is 14.0. The number of pyridine rings is 1. The van der Waals surface area contributed by atoms with E-state index in [1.807, 2.05) is 30.0 Å². The van der Waals surface area contributed by atoms with Crippen LogP contribution in [0.2, 0.25) is 0 Å². The summed E-state index contributed by atoms with van der Waals surface area (Å²) < 4.78 is 7.54. The van der Waals surface area contributed by atoms with Crippen molar-refractivity contribution in [3.8, 4) is 5.82 Å². The monoisotopic (exact) mass is 500 g/mol. The fraction of sp³-hybridized carbons (Fsp3) is 0.550. The van der Waals surface area contributed by atoms with E-state index in [0.29, 0.717) is 6.54 Å². The van der Waals surface area contributed by atoms with E-state index in [1.54, 1.807) is 6.20 Å². The van der Waals surface area contributed by atoms with E-state index in [9.17, 15) is 0 Å². The van der Waals surface area contributed by atoms with Crippen LogP contribution in [0.3, 0.4) is 0 Å². The van der Waals surface area contributed by atoms with Gasteiger partial charge in [0, 0.05) is 44.9 Å². The molecule has 0 aliphatic rings. The van der Waals surface area contributed by atoms with Gasteiger partial charge in [0.1, 0.15) is 11.6 Å². The molecule has 0 unspecified atom stereocenters. The van der Waals surface area contributed by atoms with Gasteiger partial charge in [-0.05, 0) is 38.3 Å². The first-order valence-electron chi connectivity index (χ1n) is 9.79. The van der Waals surface area contributed by atoms with Gasteiger partial charge < -0.3 is 15.4 Å². The van der Waals surface area contributed by atoms with E-state index in [-0.39, 0.29) is 24.0 Å². The Hall–Kier alpha value is -1.68. The molecule has 0 spiro atoms. The quantitative estimate of drug-likeness (QED) is 0.214. The van der Waals surface area contributed by atoms with Gasteiger partial charge in [0.2, 0.25) is 0 Å². The maximum atomic E-state index is 5.58. The molecule has 0 atom stereocenters. The van der Waals surface area contributed by atoms with Crippen molar-refractivity contribution in [2.75, 3.05) is 26.3 Å². The third-order valence-electron chi connectivity index (χ3n) is 4.05. The fourth-order valence-corrected chi connectivity index (χ4v) is 2.51. The van der Waals surface area contributed by atoms with Crippen molar-refractivity contribution >= 4 is 29.9 Å². The molecule has 7 nitrogen and oxygen atoms in total. The van der Waals surface area contributed by atoms with Gasteiger partial charge in [-0.2, -0.15) is 0 Å². The molecule has 8 heteroatoms. The Morgan fingerprint density at radius 1 is 1.14 bits per heavy atom. The highest BCUT2D eigenvalue weighted by Gasteiger charge is 2.02. The predicted octanol–water partition coefficient (Wildman–Crippen LogP) is 3.46. The molecule has 28 heavy (non-hydrogen) atoms. The fourth-order valence-electron chi connectivity index (χ4n) is 2.51. The smallest absolute Gasteiger partial charge is 0.191 e. The van der Waals surface area contributed by atoms with E-state index < -0.39 is 0 Å². The maximum absolute atomic E-state index is 5.58. The average molecular weight is 500 g/mol. The zero-order valence-electron chi connectivity index (χ0n) is 17.1. The Bertz CT molecular complexity index is 686. The van der Waals surface area contributed by atoms with E-state index in [0.717, 1.165) is 62.3 Å². The number of rotatable bonds is 11. The van der Waals surface area contributed by atoms with Gasteiger partial charge >= 0.3 is 0 Å². The van der Waals surface area contributed by atoms with Crippen LogP contribution in [-0.2, 0) is 11.3 Å². The molecule has 0 aliphatic heterocycles. The van der Waals surface area contributed by atoms with Gasteiger partial charge in [-0.3, -0.25) is 4.57 Å². The zero-order chi connectivity index (χ0) is 19.3. The molecular weight excluding hydrogens is 467 g/mol. The van der Waals surface area contributed by atoms with Gasteiger partial charge in [-0.1, -0.05) is 19.4 Å². The Morgan fingerprint density at radius 2 is 1.96 bits per heavy atom. The number of aryl methyl sites for hydroxylation is 1. The van der Waals surface area contributed by atoms with Gasteiger partial charge in [0.05, 0.1) is 6.54 Å². The van der Waals surface area contributed by atoms with Crippen molar-refractivity contribution in [1.29, 1.82) is 0 Å². The first-order valence-corrected chi connectivity index (χ1v) is 9.79. The van der Waals surface area contributed by atoms with Crippen LogP contribution in [0.5, 0.6) is 0 Å². The number of hydrogen-bond acceptors (Lipinski definition) is 4. The topological polar surface area (TPSA) is 76.4 Å². The normalized spacial score (nSPS) is 11.2. The molecule has 0 radical (unpaired) electrons. The minimum absolute atomic E-state index is 0. The van der Waals surface area contributed by atoms with Crippen LogP contribution in [0.25, 0.3) is 5.82 Å². The molecule has 2 aromatic rings. The van der Waals surface area contributed by atoms with Crippen molar-refractivity contribution in [1.82, 2.24) is 25.2 Å². The second kappa shape index (κ2) is 14.3. The number of aliphatic imine (C=N–C) groups is 1. The van der Waals surface area contributed by atoms with Crippen molar-refractivity contribution < 1.29 is 4.74 Å². The lowest BCUT2D eigenvalue weighted by Gasteiger charge is -2.11. The molecule has 0 bridgehead atoms. The minimum atomic E-state index is 0. The van der Waals surface area contributed by atoms with Crippen molar-refractivity contribution in [2.24, 2.45) is 4.99 Å². The lowest BCUT2D eigenvalue weighted by Crippen LogP contribution is -2.38. The number of halogens is 1. The number of imidazole rings is 1. The number of nitrogens with one attached hydrogen (secondary N) is 2. The number of guanidine groups is 1. The summed E-state index contributed by atoms with van der Waals surface area (Å²) in [5.74, 6) is 2.61. The average Bonchev–Trinajstić information content (AvgIpc) is 3.11. The Kier molecular flexibility index (Phi) is 12.5. The summed E-state index contributed by atoms with van der Waals surface area (Å²) in [7, 11) is 0. The van der Waals surface area contributed by atoms with Crippen molar-refractivity contribution in [3.05, 3.63) is 42.1 Å². The lowest BCUT2D eigenvalue weighted by atomic mass is 10.3. The van der Waals surface area contributed by atoms with Crippen LogP contribution < -0.4 is 10.6 Å². The number of aromatic nitrogens is 3. The highest BCUT2D eigenvalue weighted by atomic mass is 127. The molecule has 2 rings (SSSR count). The Morgan fingerprint density at radius 3 is 2.61 bits per heavy atom. The SMILES string of the molecule is CCCCOCCCNC(=NCc1ccc(-n2ccnc2C)nc1)NCC.I. The van der Waals surface area contributed by atoms with E-state index in [4.69, 9.17) is 4.74 Å². The molecular formula is C20H33IN6O. The lowest BCUT2D eigenvalue weighted by molar-refractivity contribution is 0.129. The van der Waals surface area contributed by atoms with Crippen LogP contribution in [0.15, 0.2) is 35.7 Å². The summed E-state index contributed by atoms with van der Waals surface area (Å²) in [6, 6.07) is 4.05. The van der Waals surface area contributed by atoms with Crippen LogP contribution in [0, 0.1) is 6.92 Å². The third kappa shape index (κ3) is 8.55. The summed E-state index contributed by atoms with van der Waals surface area (Å²) in [5, 5.41) is 6.62. The van der Waals surface area contributed by atoms with Crippen LogP contribution in [0.1, 0.15) is 44.5 Å². The number of ether oxygens (including phenoxy) is 1. The minimum Gasteiger partial charge on any atom is -0.381 e. The predicted molar refractivity (Wildman–Crippen MR) is 125 cm³/mol. The molecule has 2 aromatic heterocycles. The molecule has 0 aliphatic carbocycles. The van der Waals surface area contributed by atoms with E-state index in [2.05, 4.69) is 45.5 Å². The van der Waals surface area contributed by atoms with Crippen molar-refractivity contribution in [2.45, 2.75) is 46.6 Å².